The zero-order valence-electron chi connectivity index (χ0n) is 15.0. The molecule has 27 heavy (non-hydrogen) atoms. The third-order valence-corrected chi connectivity index (χ3v) is 4.78. The van der Waals surface area contributed by atoms with E-state index in [1.165, 1.54) is 0 Å². The Hall–Kier alpha value is -3.06. The largest absolute Gasteiger partial charge is 0.497 e. The third-order valence-electron chi connectivity index (χ3n) is 4.78. The van der Waals surface area contributed by atoms with E-state index in [-0.39, 0.29) is 31.8 Å². The van der Waals surface area contributed by atoms with Crippen molar-refractivity contribution in [1.82, 2.24) is 4.90 Å². The van der Waals surface area contributed by atoms with Gasteiger partial charge in [0.15, 0.2) is 5.60 Å². The van der Waals surface area contributed by atoms with Crippen LogP contribution in [-0.4, -0.2) is 52.8 Å². The number of carboxylic acid groups (broad SMARTS) is 1. The summed E-state index contributed by atoms with van der Waals surface area (Å²) in [5, 5.41) is 22.4. The number of piperidine rings is 1. The van der Waals surface area contributed by atoms with Crippen LogP contribution >= 0.6 is 0 Å². The van der Waals surface area contributed by atoms with E-state index in [1.54, 1.807) is 24.1 Å². The number of benzene rings is 2. The molecule has 0 atom stereocenters. The highest BCUT2D eigenvalue weighted by Gasteiger charge is 2.40. The number of amides is 1. The van der Waals surface area contributed by atoms with Crippen LogP contribution in [0.4, 0.5) is 11.4 Å². The number of hydrogen-bond donors (Lipinski definition) is 3. The summed E-state index contributed by atoms with van der Waals surface area (Å²) in [4.78, 5) is 25.7. The van der Waals surface area contributed by atoms with Crippen molar-refractivity contribution in [3.63, 3.8) is 0 Å². The van der Waals surface area contributed by atoms with Crippen molar-refractivity contribution in [3.8, 4) is 5.75 Å². The molecule has 0 aromatic heterocycles. The Morgan fingerprint density at radius 1 is 1.11 bits per heavy atom. The lowest BCUT2D eigenvalue weighted by molar-refractivity contribution is -0.162. The summed E-state index contributed by atoms with van der Waals surface area (Å²) < 4.78 is 5.22. The van der Waals surface area contributed by atoms with E-state index in [4.69, 9.17) is 9.84 Å². The minimum absolute atomic E-state index is 0.0134. The average Bonchev–Trinajstić information content (AvgIpc) is 2.68. The van der Waals surface area contributed by atoms with Crippen molar-refractivity contribution < 1.29 is 24.5 Å². The van der Waals surface area contributed by atoms with Crippen LogP contribution < -0.4 is 10.1 Å². The second kappa shape index (κ2) is 7.67. The summed E-state index contributed by atoms with van der Waals surface area (Å²) in [6.45, 7) is 0.379. The molecule has 0 aliphatic carbocycles. The highest BCUT2D eigenvalue weighted by Crippen LogP contribution is 2.27. The number of nitrogens with one attached hydrogen (secondary N) is 1. The fraction of sp³-hybridized carbons (Fsp3) is 0.300. The molecular weight excluding hydrogens is 348 g/mol. The van der Waals surface area contributed by atoms with Crippen LogP contribution in [-0.2, 0) is 4.79 Å². The van der Waals surface area contributed by atoms with E-state index in [0.717, 1.165) is 5.69 Å². The number of carboxylic acids is 1. The number of aliphatic hydroxyl groups is 1. The van der Waals surface area contributed by atoms with E-state index >= 15 is 0 Å². The van der Waals surface area contributed by atoms with Crippen molar-refractivity contribution in [2.45, 2.75) is 18.4 Å². The zero-order chi connectivity index (χ0) is 19.4. The van der Waals surface area contributed by atoms with Gasteiger partial charge < -0.3 is 25.2 Å². The Morgan fingerprint density at radius 3 is 2.48 bits per heavy atom. The van der Waals surface area contributed by atoms with Gasteiger partial charge >= 0.3 is 5.97 Å². The van der Waals surface area contributed by atoms with Gasteiger partial charge in [-0.05, 0) is 24.3 Å². The summed E-state index contributed by atoms with van der Waals surface area (Å²) in [6.07, 6.45) is 0.0269. The van der Waals surface area contributed by atoms with Crippen molar-refractivity contribution in [3.05, 3.63) is 54.1 Å². The maximum atomic E-state index is 12.9. The quantitative estimate of drug-likeness (QED) is 0.748. The van der Waals surface area contributed by atoms with Crippen LogP contribution in [0.5, 0.6) is 5.75 Å². The van der Waals surface area contributed by atoms with E-state index < -0.39 is 11.6 Å². The second-order valence-electron chi connectivity index (χ2n) is 6.53. The van der Waals surface area contributed by atoms with Gasteiger partial charge in [-0.15, -0.1) is 0 Å². The Balaban J connectivity index is 1.77. The molecule has 1 aliphatic rings. The normalized spacial score (nSPS) is 15.9. The van der Waals surface area contributed by atoms with Crippen LogP contribution in [0.3, 0.4) is 0 Å². The molecule has 7 heteroatoms. The molecule has 0 saturated carbocycles. The highest BCUT2D eigenvalue weighted by atomic mass is 16.5. The minimum atomic E-state index is -1.75. The van der Waals surface area contributed by atoms with Crippen LogP contribution in [0, 0.1) is 0 Å². The number of likely N-dealkylation sites (tertiary alicyclic amines) is 1. The van der Waals surface area contributed by atoms with Crippen molar-refractivity contribution in [2.24, 2.45) is 0 Å². The average molecular weight is 370 g/mol. The molecule has 1 heterocycles. The number of methoxy groups -OCH3 is 1. The number of carbonyl (C=O) groups excluding carboxylic acids is 1. The van der Waals surface area contributed by atoms with Crippen molar-refractivity contribution >= 4 is 23.3 Å². The van der Waals surface area contributed by atoms with Gasteiger partial charge in [0.25, 0.3) is 5.91 Å². The first-order valence-electron chi connectivity index (χ1n) is 8.68. The number of carbonyl (C=O) groups is 2. The predicted octanol–water partition coefficient (Wildman–Crippen LogP) is 2.49. The minimum Gasteiger partial charge on any atom is -0.497 e. The fourth-order valence-electron chi connectivity index (χ4n) is 3.10. The molecule has 0 radical (unpaired) electrons. The number of aliphatic carboxylic acids is 1. The maximum absolute atomic E-state index is 12.9. The van der Waals surface area contributed by atoms with Gasteiger partial charge in [-0.2, -0.15) is 0 Å². The topological polar surface area (TPSA) is 99.1 Å². The third kappa shape index (κ3) is 4.03. The molecule has 3 rings (SSSR count). The molecule has 7 nitrogen and oxygen atoms in total. The van der Waals surface area contributed by atoms with Gasteiger partial charge in [0.1, 0.15) is 5.75 Å². The van der Waals surface area contributed by atoms with Crippen LogP contribution in [0.25, 0.3) is 0 Å². The molecule has 0 unspecified atom stereocenters. The molecule has 1 aliphatic heterocycles. The molecular formula is C20H22N2O5. The van der Waals surface area contributed by atoms with Crippen LogP contribution in [0.15, 0.2) is 48.5 Å². The summed E-state index contributed by atoms with van der Waals surface area (Å²) in [6, 6.07) is 14.5. The van der Waals surface area contributed by atoms with E-state index in [0.29, 0.717) is 17.0 Å². The fourth-order valence-corrected chi connectivity index (χ4v) is 3.10. The standard InChI is InChI=1S/C20H22N2O5/c1-27-15-6-4-5-14(13-15)21-17-8-3-2-7-16(17)18(23)22-11-9-20(26,10-12-22)19(24)25/h2-8,13,21,26H,9-12H2,1H3,(H,24,25). The molecule has 0 spiro atoms. The number of rotatable bonds is 5. The SMILES string of the molecule is COc1cccc(Nc2ccccc2C(=O)N2CCC(O)(C(=O)O)CC2)c1. The number of ether oxygens (including phenoxy) is 1. The van der Waals surface area contributed by atoms with Gasteiger partial charge in [-0.1, -0.05) is 18.2 Å². The Bertz CT molecular complexity index is 844. The lowest BCUT2D eigenvalue weighted by atomic mass is 9.91. The molecule has 2 aromatic rings. The van der Waals surface area contributed by atoms with Crippen molar-refractivity contribution in [2.75, 3.05) is 25.5 Å². The molecule has 2 aromatic carbocycles. The molecule has 1 saturated heterocycles. The second-order valence-corrected chi connectivity index (χ2v) is 6.53. The number of nitrogens with zero attached hydrogens (tertiary/aromatic N) is 1. The molecule has 142 valence electrons. The summed E-state index contributed by atoms with van der Waals surface area (Å²) in [5.41, 5.74) is 0.166. The lowest BCUT2D eigenvalue weighted by Crippen LogP contribution is -2.50. The first-order valence-corrected chi connectivity index (χ1v) is 8.68. The molecule has 0 bridgehead atoms. The maximum Gasteiger partial charge on any atom is 0.335 e. The van der Waals surface area contributed by atoms with E-state index in [2.05, 4.69) is 5.32 Å². The Morgan fingerprint density at radius 2 is 1.81 bits per heavy atom. The van der Waals surface area contributed by atoms with E-state index in [9.17, 15) is 14.7 Å². The summed E-state index contributed by atoms with van der Waals surface area (Å²) in [5.74, 6) is -0.740. The van der Waals surface area contributed by atoms with Gasteiger partial charge in [-0.25, -0.2) is 4.79 Å². The van der Waals surface area contributed by atoms with Gasteiger partial charge in [-0.3, -0.25) is 4.79 Å². The van der Waals surface area contributed by atoms with Gasteiger partial charge in [0.05, 0.1) is 18.4 Å². The van der Waals surface area contributed by atoms with Gasteiger partial charge in [0.2, 0.25) is 0 Å². The number of para-hydroxylation sites is 1. The zero-order valence-corrected chi connectivity index (χ0v) is 15.0. The first kappa shape index (κ1) is 18.7. The van der Waals surface area contributed by atoms with Gasteiger partial charge in [0, 0.05) is 37.7 Å². The lowest BCUT2D eigenvalue weighted by Gasteiger charge is -2.35. The smallest absolute Gasteiger partial charge is 0.335 e. The van der Waals surface area contributed by atoms with E-state index in [1.807, 2.05) is 36.4 Å². The molecule has 1 fully saturated rings. The first-order chi connectivity index (χ1) is 12.9. The summed E-state index contributed by atoms with van der Waals surface area (Å²) in [7, 11) is 1.59. The molecule has 1 amide bonds. The van der Waals surface area contributed by atoms with Crippen LogP contribution in [0.2, 0.25) is 0 Å². The summed E-state index contributed by atoms with van der Waals surface area (Å²) >= 11 is 0. The number of hydrogen-bond acceptors (Lipinski definition) is 5. The molecule has 3 N–H and O–H groups in total. The Kier molecular flexibility index (Phi) is 5.32. The monoisotopic (exact) mass is 370 g/mol. The van der Waals surface area contributed by atoms with Crippen LogP contribution in [0.1, 0.15) is 23.2 Å². The Labute approximate surface area is 157 Å². The predicted molar refractivity (Wildman–Crippen MR) is 100 cm³/mol. The van der Waals surface area contributed by atoms with Crippen molar-refractivity contribution in [1.29, 1.82) is 0 Å². The number of anilines is 2. The highest BCUT2D eigenvalue weighted by molar-refractivity contribution is 6.00.